The van der Waals surface area contributed by atoms with Gasteiger partial charge in [-0.05, 0) is 48.5 Å². The fraction of sp³-hybridized carbons (Fsp3) is 0.304. The third-order valence-electron chi connectivity index (χ3n) is 5.18. The number of morpholine rings is 1. The Hall–Kier alpha value is -2.92. The zero-order valence-corrected chi connectivity index (χ0v) is 20.1. The molecule has 2 heterocycles. The second-order valence-electron chi connectivity index (χ2n) is 7.50. The van der Waals surface area contributed by atoms with E-state index in [2.05, 4.69) is 25.2 Å². The molecule has 1 aliphatic rings. The maximum atomic E-state index is 12.6. The minimum absolute atomic E-state index is 0.141. The lowest BCUT2D eigenvalue weighted by Crippen LogP contribution is -2.36. The zero-order chi connectivity index (χ0) is 23.9. The van der Waals surface area contributed by atoms with Gasteiger partial charge in [-0.1, -0.05) is 23.4 Å². The molecule has 0 bridgehead atoms. The smallest absolute Gasteiger partial charge is 0.337 e. The number of methoxy groups -OCH3 is 1. The fourth-order valence-electron chi connectivity index (χ4n) is 3.44. The van der Waals surface area contributed by atoms with E-state index in [-0.39, 0.29) is 11.7 Å². The number of nitrogens with zero attached hydrogens (tertiary/aromatic N) is 4. The van der Waals surface area contributed by atoms with Crippen molar-refractivity contribution in [2.24, 2.45) is 0 Å². The first-order valence-corrected chi connectivity index (χ1v) is 12.0. The van der Waals surface area contributed by atoms with Crippen molar-refractivity contribution < 1.29 is 19.1 Å². The summed E-state index contributed by atoms with van der Waals surface area (Å²) in [5.41, 5.74) is 1.88. The molecular weight excluding hydrogens is 478 g/mol. The Labute approximate surface area is 206 Å². The van der Waals surface area contributed by atoms with Crippen LogP contribution in [0.15, 0.2) is 53.7 Å². The van der Waals surface area contributed by atoms with Gasteiger partial charge in [0.25, 0.3) is 0 Å². The lowest BCUT2D eigenvalue weighted by atomic mass is 10.2. The van der Waals surface area contributed by atoms with Crippen LogP contribution in [0.5, 0.6) is 0 Å². The van der Waals surface area contributed by atoms with Crippen LogP contribution in [0.1, 0.15) is 16.2 Å². The molecule has 34 heavy (non-hydrogen) atoms. The van der Waals surface area contributed by atoms with Gasteiger partial charge < -0.3 is 14.8 Å². The topological polar surface area (TPSA) is 98.6 Å². The van der Waals surface area contributed by atoms with E-state index in [1.807, 2.05) is 28.8 Å². The molecular formula is C23H24ClN5O4S. The van der Waals surface area contributed by atoms with Gasteiger partial charge in [-0.2, -0.15) is 0 Å². The van der Waals surface area contributed by atoms with Crippen LogP contribution in [0.3, 0.4) is 0 Å². The number of rotatable bonds is 8. The minimum Gasteiger partial charge on any atom is -0.465 e. The van der Waals surface area contributed by atoms with Crippen LogP contribution in [0, 0.1) is 0 Å². The number of anilines is 1. The monoisotopic (exact) mass is 501 g/mol. The van der Waals surface area contributed by atoms with E-state index in [0.29, 0.717) is 41.2 Å². The van der Waals surface area contributed by atoms with Crippen LogP contribution < -0.4 is 5.32 Å². The van der Waals surface area contributed by atoms with Crippen molar-refractivity contribution in [3.8, 4) is 5.69 Å². The Morgan fingerprint density at radius 3 is 2.47 bits per heavy atom. The van der Waals surface area contributed by atoms with Crippen molar-refractivity contribution in [3.63, 3.8) is 0 Å². The molecule has 0 saturated carbocycles. The van der Waals surface area contributed by atoms with Crippen molar-refractivity contribution in [1.29, 1.82) is 0 Å². The molecule has 9 nitrogen and oxygen atoms in total. The molecule has 4 rings (SSSR count). The first-order valence-electron chi connectivity index (χ1n) is 10.6. The van der Waals surface area contributed by atoms with E-state index in [1.165, 1.54) is 18.9 Å². The van der Waals surface area contributed by atoms with Gasteiger partial charge in [0.2, 0.25) is 5.91 Å². The number of ether oxygens (including phenoxy) is 2. The van der Waals surface area contributed by atoms with Gasteiger partial charge >= 0.3 is 5.97 Å². The van der Waals surface area contributed by atoms with Gasteiger partial charge in [-0.15, -0.1) is 10.2 Å². The molecule has 3 aromatic rings. The minimum atomic E-state index is -0.428. The van der Waals surface area contributed by atoms with Crippen molar-refractivity contribution in [3.05, 3.63) is 64.9 Å². The standard InChI is InChI=1S/C23H24ClN5O4S/c1-32-22(31)16-2-6-18(7-3-16)25-21(30)15-34-23-27-26-20(14-28-10-12-33-13-11-28)29(23)19-8-4-17(24)5-9-19/h2-9H,10-15H2,1H3,(H,25,30). The van der Waals surface area contributed by atoms with E-state index in [9.17, 15) is 9.59 Å². The summed E-state index contributed by atoms with van der Waals surface area (Å²) in [6, 6.07) is 14.0. The molecule has 1 aromatic heterocycles. The Bertz CT molecular complexity index is 1130. The Morgan fingerprint density at radius 1 is 1.09 bits per heavy atom. The first kappa shape index (κ1) is 24.2. The Kier molecular flexibility index (Phi) is 8.17. The zero-order valence-electron chi connectivity index (χ0n) is 18.6. The predicted molar refractivity (Wildman–Crippen MR) is 130 cm³/mol. The number of hydrogen-bond donors (Lipinski definition) is 1. The molecule has 1 N–H and O–H groups in total. The van der Waals surface area contributed by atoms with Gasteiger partial charge in [0.05, 0.1) is 38.2 Å². The second kappa shape index (κ2) is 11.5. The SMILES string of the molecule is COC(=O)c1ccc(NC(=O)CSc2nnc(CN3CCOCC3)n2-c2ccc(Cl)cc2)cc1. The van der Waals surface area contributed by atoms with Crippen LogP contribution in [-0.4, -0.2) is 70.7 Å². The number of carbonyl (C=O) groups excluding carboxylic acids is 2. The number of nitrogens with one attached hydrogen (secondary N) is 1. The summed E-state index contributed by atoms with van der Waals surface area (Å²) in [7, 11) is 1.32. The van der Waals surface area contributed by atoms with Gasteiger partial charge in [0, 0.05) is 29.5 Å². The average Bonchev–Trinajstić information content (AvgIpc) is 3.26. The summed E-state index contributed by atoms with van der Waals surface area (Å²) in [5.74, 6) is 0.298. The first-order chi connectivity index (χ1) is 16.5. The number of aromatic nitrogens is 3. The van der Waals surface area contributed by atoms with Crippen molar-refractivity contribution in [1.82, 2.24) is 19.7 Å². The maximum absolute atomic E-state index is 12.6. The van der Waals surface area contributed by atoms with Crippen LogP contribution in [0.2, 0.25) is 5.02 Å². The normalized spacial score (nSPS) is 14.1. The summed E-state index contributed by atoms with van der Waals surface area (Å²) < 4.78 is 12.1. The van der Waals surface area contributed by atoms with Crippen molar-refractivity contribution >= 4 is 40.9 Å². The molecule has 1 amide bonds. The molecule has 1 fully saturated rings. The molecule has 0 spiro atoms. The number of carbonyl (C=O) groups is 2. The third-order valence-corrected chi connectivity index (χ3v) is 6.36. The van der Waals surface area contributed by atoms with Crippen LogP contribution in [0.25, 0.3) is 5.69 Å². The van der Waals surface area contributed by atoms with Crippen molar-refractivity contribution in [2.75, 3.05) is 44.5 Å². The van der Waals surface area contributed by atoms with Gasteiger partial charge in [-0.25, -0.2) is 4.79 Å². The average molecular weight is 502 g/mol. The Morgan fingerprint density at radius 2 is 1.79 bits per heavy atom. The van der Waals surface area contributed by atoms with E-state index >= 15 is 0 Å². The van der Waals surface area contributed by atoms with Crippen LogP contribution in [0.4, 0.5) is 5.69 Å². The van der Waals surface area contributed by atoms with Gasteiger partial charge in [0.15, 0.2) is 11.0 Å². The second-order valence-corrected chi connectivity index (χ2v) is 8.88. The third kappa shape index (κ3) is 6.15. The largest absolute Gasteiger partial charge is 0.465 e. The molecule has 0 unspecified atom stereocenters. The summed E-state index contributed by atoms with van der Waals surface area (Å²) in [5, 5.41) is 12.8. The molecule has 2 aromatic carbocycles. The highest BCUT2D eigenvalue weighted by molar-refractivity contribution is 7.99. The highest BCUT2D eigenvalue weighted by atomic mass is 35.5. The van der Waals surface area contributed by atoms with E-state index in [0.717, 1.165) is 24.6 Å². The molecule has 1 aliphatic heterocycles. The number of thioether (sulfide) groups is 1. The van der Waals surface area contributed by atoms with Crippen LogP contribution >= 0.6 is 23.4 Å². The van der Waals surface area contributed by atoms with E-state index in [1.54, 1.807) is 24.3 Å². The van der Waals surface area contributed by atoms with Crippen molar-refractivity contribution in [2.45, 2.75) is 11.7 Å². The molecule has 0 atom stereocenters. The Balaban J connectivity index is 1.45. The number of halogens is 1. The van der Waals surface area contributed by atoms with E-state index < -0.39 is 5.97 Å². The molecule has 0 aliphatic carbocycles. The van der Waals surface area contributed by atoms with Gasteiger partial charge in [0.1, 0.15) is 0 Å². The summed E-state index contributed by atoms with van der Waals surface area (Å²) in [6.45, 7) is 3.66. The number of esters is 1. The number of benzene rings is 2. The number of hydrogen-bond acceptors (Lipinski definition) is 8. The molecule has 1 saturated heterocycles. The molecule has 11 heteroatoms. The quantitative estimate of drug-likeness (QED) is 0.371. The highest BCUT2D eigenvalue weighted by Crippen LogP contribution is 2.24. The lowest BCUT2D eigenvalue weighted by molar-refractivity contribution is -0.113. The highest BCUT2D eigenvalue weighted by Gasteiger charge is 2.20. The number of amides is 1. The lowest BCUT2D eigenvalue weighted by Gasteiger charge is -2.26. The van der Waals surface area contributed by atoms with E-state index in [4.69, 9.17) is 16.3 Å². The molecule has 0 radical (unpaired) electrons. The fourth-order valence-corrected chi connectivity index (χ4v) is 4.34. The maximum Gasteiger partial charge on any atom is 0.337 e. The van der Waals surface area contributed by atoms with Crippen LogP contribution in [-0.2, 0) is 20.8 Å². The molecule has 178 valence electrons. The summed E-state index contributed by atoms with van der Waals surface area (Å²) in [6.07, 6.45) is 0. The van der Waals surface area contributed by atoms with Gasteiger partial charge in [-0.3, -0.25) is 14.3 Å². The predicted octanol–water partition coefficient (Wildman–Crippen LogP) is 3.27. The summed E-state index contributed by atoms with van der Waals surface area (Å²) in [4.78, 5) is 26.4. The summed E-state index contributed by atoms with van der Waals surface area (Å²) >= 11 is 7.37.